The lowest BCUT2D eigenvalue weighted by Crippen LogP contribution is -2.23. The van der Waals surface area contributed by atoms with Crippen molar-refractivity contribution in [3.05, 3.63) is 107 Å². The first-order valence-corrected chi connectivity index (χ1v) is 10.5. The van der Waals surface area contributed by atoms with Gasteiger partial charge in [-0.25, -0.2) is 4.68 Å². The Hall–Kier alpha value is -4.27. The summed E-state index contributed by atoms with van der Waals surface area (Å²) in [4.78, 5) is 21.7. The molecule has 0 spiro atoms. The Bertz CT molecular complexity index is 1520. The highest BCUT2D eigenvalue weighted by Crippen LogP contribution is 2.31. The van der Waals surface area contributed by atoms with E-state index in [2.05, 4.69) is 15.1 Å². The van der Waals surface area contributed by atoms with Gasteiger partial charge in [0, 0.05) is 30.2 Å². The van der Waals surface area contributed by atoms with Crippen LogP contribution in [0, 0.1) is 0 Å². The summed E-state index contributed by atoms with van der Waals surface area (Å²) >= 11 is 0. The van der Waals surface area contributed by atoms with E-state index in [-0.39, 0.29) is 11.6 Å². The number of hydrogen-bond acceptors (Lipinski definition) is 4. The number of benzene rings is 1. The highest BCUT2D eigenvalue weighted by Gasteiger charge is 2.30. The second kappa shape index (κ2) is 8.26. The smallest absolute Gasteiger partial charge is 0.307 e. The molecule has 0 saturated heterocycles. The zero-order valence-electron chi connectivity index (χ0n) is 17.9. The van der Waals surface area contributed by atoms with Gasteiger partial charge in [-0.15, -0.1) is 0 Å². The summed E-state index contributed by atoms with van der Waals surface area (Å²) in [5, 5.41) is 4.61. The van der Waals surface area contributed by atoms with Crippen molar-refractivity contribution in [2.75, 3.05) is 0 Å². The summed E-state index contributed by atoms with van der Waals surface area (Å²) in [7, 11) is 0. The average Bonchev–Trinajstić information content (AvgIpc) is 3.23. The average molecular weight is 461 g/mol. The van der Waals surface area contributed by atoms with Crippen LogP contribution in [-0.4, -0.2) is 24.3 Å². The Morgan fingerprint density at radius 1 is 0.912 bits per heavy atom. The normalized spacial score (nSPS) is 12.7. The maximum atomic E-state index is 13.0. The van der Waals surface area contributed by atoms with E-state index in [1.165, 1.54) is 22.9 Å². The molecule has 1 aromatic carbocycles. The van der Waals surface area contributed by atoms with Crippen molar-refractivity contribution in [1.82, 2.24) is 24.3 Å². The van der Waals surface area contributed by atoms with Gasteiger partial charge in [0.2, 0.25) is 0 Å². The molecule has 5 aromatic rings. The number of aromatic nitrogens is 5. The Morgan fingerprint density at radius 3 is 2.35 bits per heavy atom. The Labute approximate surface area is 192 Å². The number of hydrogen-bond donors (Lipinski definition) is 0. The third-order valence-electron chi connectivity index (χ3n) is 5.63. The number of alkyl halides is 3. The van der Waals surface area contributed by atoms with E-state index >= 15 is 0 Å². The molecule has 0 saturated carbocycles. The molecule has 6 nitrogen and oxygen atoms in total. The van der Waals surface area contributed by atoms with Crippen LogP contribution in [0.1, 0.15) is 24.2 Å². The molecular formula is C25H18F3N5O. The van der Waals surface area contributed by atoms with Crippen LogP contribution < -0.4 is 5.56 Å². The third-order valence-corrected chi connectivity index (χ3v) is 5.63. The van der Waals surface area contributed by atoms with Crippen LogP contribution in [0.4, 0.5) is 13.2 Å². The number of halogens is 3. The largest absolute Gasteiger partial charge is 0.416 e. The van der Waals surface area contributed by atoms with Gasteiger partial charge in [-0.3, -0.25) is 14.8 Å². The van der Waals surface area contributed by atoms with Crippen molar-refractivity contribution in [2.24, 2.45) is 0 Å². The van der Waals surface area contributed by atoms with Crippen molar-refractivity contribution in [3.8, 4) is 16.9 Å². The summed E-state index contributed by atoms with van der Waals surface area (Å²) < 4.78 is 42.0. The molecule has 0 bridgehead atoms. The molecule has 4 aromatic heterocycles. The lowest BCUT2D eigenvalue weighted by Gasteiger charge is -2.14. The molecule has 170 valence electrons. The first-order chi connectivity index (χ1) is 16.3. The molecule has 1 atom stereocenters. The fourth-order valence-corrected chi connectivity index (χ4v) is 3.86. The summed E-state index contributed by atoms with van der Waals surface area (Å²) in [5.74, 6) is 0. The predicted octanol–water partition coefficient (Wildman–Crippen LogP) is 5.27. The standard InChI is InChI=1S/C25H18F3N5O/c1-16(20-5-2-3-12-29-20)32-14-11-17(15-22(32)34)23-24-21(6-4-13-30-24)33(31-23)19-9-7-18(8-10-19)25(26,27)28/h2-16H,1H3/t16-/m0/s1. The molecule has 0 unspecified atom stereocenters. The van der Waals surface area contributed by atoms with Crippen molar-refractivity contribution in [2.45, 2.75) is 19.1 Å². The maximum absolute atomic E-state index is 13.0. The minimum Gasteiger partial charge on any atom is -0.307 e. The summed E-state index contributed by atoms with van der Waals surface area (Å²) in [6, 6.07) is 16.8. The van der Waals surface area contributed by atoms with E-state index in [1.54, 1.807) is 41.4 Å². The fourth-order valence-electron chi connectivity index (χ4n) is 3.86. The molecular weight excluding hydrogens is 443 g/mol. The highest BCUT2D eigenvalue weighted by molar-refractivity contribution is 5.90. The summed E-state index contributed by atoms with van der Waals surface area (Å²) in [6.45, 7) is 1.89. The van der Waals surface area contributed by atoms with E-state index in [0.29, 0.717) is 28.0 Å². The van der Waals surface area contributed by atoms with Gasteiger partial charge >= 0.3 is 6.18 Å². The van der Waals surface area contributed by atoms with Gasteiger partial charge in [0.1, 0.15) is 11.2 Å². The monoisotopic (exact) mass is 461 g/mol. The van der Waals surface area contributed by atoms with Crippen molar-refractivity contribution < 1.29 is 13.2 Å². The van der Waals surface area contributed by atoms with Crippen LogP contribution in [0.3, 0.4) is 0 Å². The van der Waals surface area contributed by atoms with E-state index in [0.717, 1.165) is 17.8 Å². The van der Waals surface area contributed by atoms with Gasteiger partial charge in [-0.05, 0) is 61.5 Å². The summed E-state index contributed by atoms with van der Waals surface area (Å²) in [6.07, 6.45) is 0.544. The molecule has 4 heterocycles. The first kappa shape index (κ1) is 21.6. The molecule has 9 heteroatoms. The Kier molecular flexibility index (Phi) is 5.24. The van der Waals surface area contributed by atoms with Crippen LogP contribution in [-0.2, 0) is 6.18 Å². The number of pyridine rings is 3. The van der Waals surface area contributed by atoms with Gasteiger partial charge in [0.15, 0.2) is 0 Å². The van der Waals surface area contributed by atoms with E-state index < -0.39 is 11.7 Å². The molecule has 0 amide bonds. The topological polar surface area (TPSA) is 65.6 Å². The van der Waals surface area contributed by atoms with Gasteiger partial charge in [-0.2, -0.15) is 18.3 Å². The van der Waals surface area contributed by atoms with Crippen molar-refractivity contribution >= 4 is 11.0 Å². The zero-order valence-corrected chi connectivity index (χ0v) is 17.9. The number of fused-ring (bicyclic) bond motifs is 1. The minimum absolute atomic E-state index is 0.233. The number of rotatable bonds is 4. The van der Waals surface area contributed by atoms with Gasteiger partial charge in [0.05, 0.1) is 28.5 Å². The molecule has 5 rings (SSSR count). The molecule has 0 fully saturated rings. The van der Waals surface area contributed by atoms with Crippen LogP contribution in [0.15, 0.2) is 90.1 Å². The second-order valence-electron chi connectivity index (χ2n) is 7.77. The molecule has 34 heavy (non-hydrogen) atoms. The van der Waals surface area contributed by atoms with E-state index in [1.807, 2.05) is 25.1 Å². The fraction of sp³-hybridized carbons (Fsp3) is 0.120. The molecule has 0 aliphatic carbocycles. The van der Waals surface area contributed by atoms with Crippen LogP contribution >= 0.6 is 0 Å². The summed E-state index contributed by atoms with van der Waals surface area (Å²) in [5.41, 5.74) is 2.42. The number of nitrogens with zero attached hydrogens (tertiary/aromatic N) is 5. The SMILES string of the molecule is C[C@@H](c1ccccn1)n1ccc(-c2nn(-c3ccc(C(F)(F)F)cc3)c3cccnc23)cc1=O. The van der Waals surface area contributed by atoms with Gasteiger partial charge < -0.3 is 4.57 Å². The van der Waals surface area contributed by atoms with Crippen LogP contribution in [0.5, 0.6) is 0 Å². The molecule has 0 aliphatic rings. The quantitative estimate of drug-likeness (QED) is 0.366. The predicted molar refractivity (Wildman–Crippen MR) is 122 cm³/mol. The third kappa shape index (κ3) is 3.85. The molecule has 0 aliphatic heterocycles. The van der Waals surface area contributed by atoms with E-state index in [4.69, 9.17) is 0 Å². The van der Waals surface area contributed by atoms with Crippen molar-refractivity contribution in [1.29, 1.82) is 0 Å². The van der Waals surface area contributed by atoms with Gasteiger partial charge in [-0.1, -0.05) is 6.07 Å². The lowest BCUT2D eigenvalue weighted by molar-refractivity contribution is -0.137. The van der Waals surface area contributed by atoms with Crippen molar-refractivity contribution in [3.63, 3.8) is 0 Å². The first-order valence-electron chi connectivity index (χ1n) is 10.5. The minimum atomic E-state index is -4.42. The Morgan fingerprint density at radius 2 is 1.68 bits per heavy atom. The lowest BCUT2D eigenvalue weighted by atomic mass is 10.1. The van der Waals surface area contributed by atoms with Gasteiger partial charge in [0.25, 0.3) is 5.56 Å². The van der Waals surface area contributed by atoms with Crippen LogP contribution in [0.25, 0.3) is 28.0 Å². The maximum Gasteiger partial charge on any atom is 0.416 e. The zero-order chi connectivity index (χ0) is 23.9. The molecule has 0 radical (unpaired) electrons. The van der Waals surface area contributed by atoms with Crippen LogP contribution in [0.2, 0.25) is 0 Å². The molecule has 0 N–H and O–H groups in total. The highest BCUT2D eigenvalue weighted by atomic mass is 19.4. The Balaban J connectivity index is 1.58. The van der Waals surface area contributed by atoms with E-state index in [9.17, 15) is 18.0 Å². The second-order valence-corrected chi connectivity index (χ2v) is 7.77.